The van der Waals surface area contributed by atoms with Crippen molar-refractivity contribution in [2.24, 2.45) is 0 Å². The second-order valence-corrected chi connectivity index (χ2v) is 3.83. The lowest BCUT2D eigenvalue weighted by Gasteiger charge is -2.11. The third-order valence-corrected chi connectivity index (χ3v) is 2.50. The van der Waals surface area contributed by atoms with E-state index in [0.717, 1.165) is 11.1 Å². The fourth-order valence-corrected chi connectivity index (χ4v) is 1.74. The summed E-state index contributed by atoms with van der Waals surface area (Å²) in [5, 5.41) is 22.5. The fourth-order valence-electron chi connectivity index (χ4n) is 1.74. The Hall–Kier alpha value is -2.24. The highest BCUT2D eigenvalue weighted by molar-refractivity contribution is 5.68. The van der Waals surface area contributed by atoms with Crippen LogP contribution < -0.4 is 0 Å². The Kier molecular flexibility index (Phi) is 3.13. The molecule has 0 aliphatic rings. The van der Waals surface area contributed by atoms with Gasteiger partial charge in [-0.2, -0.15) is 5.21 Å². The van der Waals surface area contributed by atoms with Crippen LogP contribution in [0.2, 0.25) is 0 Å². The van der Waals surface area contributed by atoms with Gasteiger partial charge in [0.05, 0.1) is 12.3 Å². The van der Waals surface area contributed by atoms with Gasteiger partial charge in [0.2, 0.25) is 0 Å². The van der Waals surface area contributed by atoms with Gasteiger partial charge in [0, 0.05) is 0 Å². The SMILES string of the molecule is Cc1cccc(C(CC(=O)O)c2nn[nH]n2)c1. The number of carboxylic acid groups (broad SMARTS) is 1. The molecule has 2 rings (SSSR count). The van der Waals surface area contributed by atoms with Crippen LogP contribution in [-0.2, 0) is 4.79 Å². The lowest BCUT2D eigenvalue weighted by atomic mass is 9.94. The monoisotopic (exact) mass is 232 g/mol. The normalized spacial score (nSPS) is 12.3. The van der Waals surface area contributed by atoms with Gasteiger partial charge in [0.15, 0.2) is 5.82 Å². The molecule has 0 aliphatic carbocycles. The first-order valence-electron chi connectivity index (χ1n) is 5.18. The molecule has 0 saturated heterocycles. The number of H-pyrrole nitrogens is 1. The minimum absolute atomic E-state index is 0.0526. The number of rotatable bonds is 4. The minimum atomic E-state index is -0.888. The van der Waals surface area contributed by atoms with Crippen molar-refractivity contribution in [3.63, 3.8) is 0 Å². The van der Waals surface area contributed by atoms with E-state index in [1.807, 2.05) is 31.2 Å². The number of carbonyl (C=O) groups is 1. The van der Waals surface area contributed by atoms with E-state index < -0.39 is 5.97 Å². The maximum atomic E-state index is 10.9. The van der Waals surface area contributed by atoms with Crippen LogP contribution in [0.5, 0.6) is 0 Å². The number of hydrogen-bond donors (Lipinski definition) is 2. The van der Waals surface area contributed by atoms with Crippen LogP contribution in [0.3, 0.4) is 0 Å². The summed E-state index contributed by atoms with van der Waals surface area (Å²) in [5.74, 6) is -0.856. The average Bonchev–Trinajstić information content (AvgIpc) is 2.79. The van der Waals surface area contributed by atoms with Crippen molar-refractivity contribution in [1.82, 2.24) is 20.6 Å². The van der Waals surface area contributed by atoms with E-state index in [1.165, 1.54) is 0 Å². The van der Waals surface area contributed by atoms with Crippen molar-refractivity contribution in [3.8, 4) is 0 Å². The minimum Gasteiger partial charge on any atom is -0.481 e. The van der Waals surface area contributed by atoms with Crippen molar-refractivity contribution in [3.05, 3.63) is 41.2 Å². The van der Waals surface area contributed by atoms with Gasteiger partial charge in [-0.1, -0.05) is 35.0 Å². The Labute approximate surface area is 97.7 Å². The maximum Gasteiger partial charge on any atom is 0.304 e. The lowest BCUT2D eigenvalue weighted by Crippen LogP contribution is -2.10. The molecule has 1 aromatic heterocycles. The first kappa shape index (κ1) is 11.3. The van der Waals surface area contributed by atoms with Crippen LogP contribution in [0.1, 0.15) is 29.3 Å². The van der Waals surface area contributed by atoms with Gasteiger partial charge < -0.3 is 5.11 Å². The maximum absolute atomic E-state index is 10.9. The molecule has 6 heteroatoms. The number of tetrazole rings is 1. The zero-order valence-electron chi connectivity index (χ0n) is 9.29. The van der Waals surface area contributed by atoms with Gasteiger partial charge in [0.25, 0.3) is 0 Å². The molecule has 0 bridgehead atoms. The molecule has 88 valence electrons. The second kappa shape index (κ2) is 4.73. The fraction of sp³-hybridized carbons (Fsp3) is 0.273. The predicted octanol–water partition coefficient (Wildman–Crippen LogP) is 1.11. The topological polar surface area (TPSA) is 91.8 Å². The van der Waals surface area contributed by atoms with E-state index in [-0.39, 0.29) is 12.3 Å². The summed E-state index contributed by atoms with van der Waals surface area (Å²) < 4.78 is 0. The molecule has 6 nitrogen and oxygen atoms in total. The number of nitrogens with zero attached hydrogens (tertiary/aromatic N) is 3. The number of aliphatic carboxylic acids is 1. The lowest BCUT2D eigenvalue weighted by molar-refractivity contribution is -0.137. The smallest absolute Gasteiger partial charge is 0.304 e. The number of carboxylic acids is 1. The van der Waals surface area contributed by atoms with E-state index in [9.17, 15) is 4.79 Å². The largest absolute Gasteiger partial charge is 0.481 e. The number of nitrogens with one attached hydrogen (secondary N) is 1. The van der Waals surface area contributed by atoms with Gasteiger partial charge >= 0.3 is 5.97 Å². The highest BCUT2D eigenvalue weighted by atomic mass is 16.4. The Morgan fingerprint density at radius 1 is 1.53 bits per heavy atom. The van der Waals surface area contributed by atoms with E-state index in [0.29, 0.717) is 5.82 Å². The van der Waals surface area contributed by atoms with Crippen molar-refractivity contribution in [1.29, 1.82) is 0 Å². The van der Waals surface area contributed by atoms with Crippen LogP contribution >= 0.6 is 0 Å². The molecule has 0 aliphatic heterocycles. The number of hydrogen-bond acceptors (Lipinski definition) is 4. The summed E-state index contributed by atoms with van der Waals surface area (Å²) in [6, 6.07) is 7.65. The molecule has 0 spiro atoms. The quantitative estimate of drug-likeness (QED) is 0.824. The molecule has 0 amide bonds. The molecule has 2 N–H and O–H groups in total. The van der Waals surface area contributed by atoms with Crippen molar-refractivity contribution >= 4 is 5.97 Å². The number of aromatic amines is 1. The summed E-state index contributed by atoms with van der Waals surface area (Å²) in [5.41, 5.74) is 1.95. The van der Waals surface area contributed by atoms with Gasteiger partial charge in [-0.15, -0.1) is 10.2 Å². The van der Waals surface area contributed by atoms with Gasteiger partial charge in [-0.25, -0.2) is 0 Å². The van der Waals surface area contributed by atoms with Gasteiger partial charge in [0.1, 0.15) is 0 Å². The molecule has 0 fully saturated rings. The Morgan fingerprint density at radius 2 is 2.35 bits per heavy atom. The highest BCUT2D eigenvalue weighted by Crippen LogP contribution is 2.25. The Bertz CT molecular complexity index is 510. The standard InChI is InChI=1S/C11H12N4O2/c1-7-3-2-4-8(5-7)9(6-10(16)17)11-12-14-15-13-11/h2-5,9H,6H2,1H3,(H,16,17)(H,12,13,14,15). The first-order chi connectivity index (χ1) is 8.16. The molecule has 17 heavy (non-hydrogen) atoms. The molecular formula is C11H12N4O2. The molecule has 2 aromatic rings. The molecule has 1 atom stereocenters. The van der Waals surface area contributed by atoms with E-state index >= 15 is 0 Å². The molecule has 0 saturated carbocycles. The summed E-state index contributed by atoms with van der Waals surface area (Å²) in [7, 11) is 0. The third kappa shape index (κ3) is 2.66. The zero-order chi connectivity index (χ0) is 12.3. The number of benzene rings is 1. The van der Waals surface area contributed by atoms with E-state index in [4.69, 9.17) is 5.11 Å². The van der Waals surface area contributed by atoms with E-state index in [2.05, 4.69) is 20.6 Å². The van der Waals surface area contributed by atoms with Crippen LogP contribution in [0.15, 0.2) is 24.3 Å². The van der Waals surface area contributed by atoms with Gasteiger partial charge in [-0.3, -0.25) is 4.79 Å². The molecule has 1 heterocycles. The third-order valence-electron chi connectivity index (χ3n) is 2.50. The van der Waals surface area contributed by atoms with Crippen molar-refractivity contribution in [2.75, 3.05) is 0 Å². The average molecular weight is 232 g/mol. The van der Waals surface area contributed by atoms with Crippen LogP contribution in [0.25, 0.3) is 0 Å². The number of aromatic nitrogens is 4. The summed E-state index contributed by atoms with van der Waals surface area (Å²) >= 11 is 0. The van der Waals surface area contributed by atoms with Crippen LogP contribution in [0.4, 0.5) is 0 Å². The molecule has 1 aromatic carbocycles. The molecule has 0 radical (unpaired) electrons. The zero-order valence-corrected chi connectivity index (χ0v) is 9.29. The first-order valence-corrected chi connectivity index (χ1v) is 5.18. The number of aryl methyl sites for hydroxylation is 1. The summed E-state index contributed by atoms with van der Waals surface area (Å²) in [6.45, 7) is 1.96. The predicted molar refractivity (Wildman–Crippen MR) is 59.5 cm³/mol. The second-order valence-electron chi connectivity index (χ2n) is 3.83. The van der Waals surface area contributed by atoms with Gasteiger partial charge in [-0.05, 0) is 12.5 Å². The van der Waals surface area contributed by atoms with E-state index in [1.54, 1.807) is 0 Å². The van der Waals surface area contributed by atoms with Crippen molar-refractivity contribution in [2.45, 2.75) is 19.3 Å². The molecular weight excluding hydrogens is 220 g/mol. The van der Waals surface area contributed by atoms with Crippen LogP contribution in [0, 0.1) is 6.92 Å². The van der Waals surface area contributed by atoms with Crippen molar-refractivity contribution < 1.29 is 9.90 Å². The summed E-state index contributed by atoms with van der Waals surface area (Å²) in [4.78, 5) is 10.9. The van der Waals surface area contributed by atoms with Crippen LogP contribution in [-0.4, -0.2) is 31.7 Å². The Balaban J connectivity index is 2.36. The molecule has 1 unspecified atom stereocenters. The summed E-state index contributed by atoms with van der Waals surface area (Å²) in [6.07, 6.45) is -0.0526. The highest BCUT2D eigenvalue weighted by Gasteiger charge is 2.21. The Morgan fingerprint density at radius 3 is 2.94 bits per heavy atom.